The summed E-state index contributed by atoms with van der Waals surface area (Å²) in [7, 11) is 0. The van der Waals surface area contributed by atoms with Crippen LogP contribution in [0.5, 0.6) is 5.75 Å². The first-order valence-corrected chi connectivity index (χ1v) is 8.77. The number of hydrogen-bond donors (Lipinski definition) is 1. The summed E-state index contributed by atoms with van der Waals surface area (Å²) >= 11 is 8.12. The predicted molar refractivity (Wildman–Crippen MR) is 102 cm³/mol. The number of rotatable bonds is 3. The maximum absolute atomic E-state index is 6.28. The molecule has 2 aromatic carbocycles. The van der Waals surface area contributed by atoms with Crippen LogP contribution >= 0.6 is 22.9 Å². The molecule has 0 aliphatic heterocycles. The van der Waals surface area contributed by atoms with Crippen molar-refractivity contribution in [3.05, 3.63) is 63.3 Å². The van der Waals surface area contributed by atoms with E-state index in [1.165, 1.54) is 9.75 Å². The summed E-state index contributed by atoms with van der Waals surface area (Å²) in [5, 5.41) is 2.77. The lowest BCUT2D eigenvalue weighted by Gasteiger charge is -2.14. The molecule has 0 fully saturated rings. The van der Waals surface area contributed by atoms with Crippen molar-refractivity contribution in [3.8, 4) is 5.75 Å². The van der Waals surface area contributed by atoms with E-state index in [9.17, 15) is 0 Å². The van der Waals surface area contributed by atoms with Crippen molar-refractivity contribution < 1.29 is 4.74 Å². The molecule has 0 saturated heterocycles. The third kappa shape index (κ3) is 4.96. The Hall–Kier alpha value is -1.55. The van der Waals surface area contributed by atoms with Crippen molar-refractivity contribution in [2.24, 2.45) is 5.73 Å². The third-order valence-electron chi connectivity index (χ3n) is 3.36. The van der Waals surface area contributed by atoms with Gasteiger partial charge in [0, 0.05) is 21.7 Å². The van der Waals surface area contributed by atoms with Gasteiger partial charge in [-0.2, -0.15) is 0 Å². The van der Waals surface area contributed by atoms with Crippen LogP contribution in [-0.2, 0) is 0 Å². The second-order valence-electron chi connectivity index (χ2n) is 5.42. The van der Waals surface area contributed by atoms with Crippen LogP contribution < -0.4 is 10.5 Å². The number of aryl methyl sites for hydroxylation is 2. The van der Waals surface area contributed by atoms with E-state index in [2.05, 4.69) is 26.0 Å². The first-order chi connectivity index (χ1) is 11.0. The molecule has 1 unspecified atom stereocenters. The number of fused-ring (bicyclic) bond motifs is 1. The fourth-order valence-electron chi connectivity index (χ4n) is 2.13. The summed E-state index contributed by atoms with van der Waals surface area (Å²) in [6.45, 7) is 6.64. The van der Waals surface area contributed by atoms with Crippen molar-refractivity contribution in [3.63, 3.8) is 0 Å². The summed E-state index contributed by atoms with van der Waals surface area (Å²) < 4.78 is 5.65. The Labute approximate surface area is 146 Å². The Morgan fingerprint density at radius 1 is 1.04 bits per heavy atom. The lowest BCUT2D eigenvalue weighted by molar-refractivity contribution is 0.230. The highest BCUT2D eigenvalue weighted by Gasteiger charge is 2.08. The molecule has 1 heterocycles. The lowest BCUT2D eigenvalue weighted by Crippen LogP contribution is -2.22. The highest BCUT2D eigenvalue weighted by Crippen LogP contribution is 2.33. The van der Waals surface area contributed by atoms with E-state index in [0.29, 0.717) is 17.3 Å². The molecule has 122 valence electrons. The van der Waals surface area contributed by atoms with Crippen molar-refractivity contribution in [1.29, 1.82) is 0 Å². The van der Waals surface area contributed by atoms with Gasteiger partial charge in [0.2, 0.25) is 0 Å². The molecule has 3 rings (SSSR count). The van der Waals surface area contributed by atoms with Crippen LogP contribution in [0.1, 0.15) is 16.7 Å². The average Bonchev–Trinajstić information content (AvgIpc) is 2.94. The minimum atomic E-state index is -0.0290. The van der Waals surface area contributed by atoms with Gasteiger partial charge in [-0.1, -0.05) is 41.9 Å². The molecule has 1 aromatic heterocycles. The first-order valence-electron chi connectivity index (χ1n) is 7.58. The fraction of sp³-hybridized carbons (Fsp3) is 0.263. The Bertz CT molecular complexity index is 752. The molecule has 0 bridgehead atoms. The van der Waals surface area contributed by atoms with Gasteiger partial charge in [-0.15, -0.1) is 11.3 Å². The summed E-state index contributed by atoms with van der Waals surface area (Å²) in [5.41, 5.74) is 5.51. The zero-order valence-electron chi connectivity index (χ0n) is 13.7. The molecular formula is C19H22ClNOS. The topological polar surface area (TPSA) is 35.2 Å². The van der Waals surface area contributed by atoms with Crippen molar-refractivity contribution in [1.82, 2.24) is 0 Å². The molecule has 1 atom stereocenters. The normalized spacial score (nSPS) is 11.7. The third-order valence-corrected chi connectivity index (χ3v) is 4.67. The van der Waals surface area contributed by atoms with E-state index in [1.807, 2.05) is 54.7 Å². The van der Waals surface area contributed by atoms with Crippen LogP contribution in [-0.4, -0.2) is 12.6 Å². The van der Waals surface area contributed by atoms with Crippen molar-refractivity contribution in [2.75, 3.05) is 6.54 Å². The lowest BCUT2D eigenvalue weighted by atomic mass is 10.1. The maximum Gasteiger partial charge on any atom is 0.139 e. The number of nitrogens with two attached hydrogens (primary N) is 1. The van der Waals surface area contributed by atoms with Crippen LogP contribution in [0.2, 0.25) is 5.02 Å². The summed E-state index contributed by atoms with van der Waals surface area (Å²) in [6.07, 6.45) is -0.0290. The summed E-state index contributed by atoms with van der Waals surface area (Å²) in [5.74, 6) is 0.693. The molecule has 0 aliphatic rings. The molecule has 0 aliphatic carbocycles. The molecule has 0 radical (unpaired) electrons. The van der Waals surface area contributed by atoms with E-state index in [-0.39, 0.29) is 6.10 Å². The van der Waals surface area contributed by atoms with E-state index < -0.39 is 0 Å². The molecule has 4 heteroatoms. The minimum absolute atomic E-state index is 0.0290. The number of thiophene rings is 1. The van der Waals surface area contributed by atoms with Gasteiger partial charge in [0.1, 0.15) is 11.9 Å². The van der Waals surface area contributed by atoms with Crippen LogP contribution in [0.15, 0.2) is 48.5 Å². The molecule has 2 N–H and O–H groups in total. The zero-order chi connectivity index (χ0) is 16.8. The van der Waals surface area contributed by atoms with Gasteiger partial charge < -0.3 is 10.5 Å². The van der Waals surface area contributed by atoms with E-state index in [4.69, 9.17) is 22.1 Å². The molecule has 3 aromatic rings. The second-order valence-corrected chi connectivity index (χ2v) is 7.29. The van der Waals surface area contributed by atoms with Gasteiger partial charge in [0.25, 0.3) is 0 Å². The Balaban J connectivity index is 0.000000229. The van der Waals surface area contributed by atoms with Gasteiger partial charge in [0.15, 0.2) is 0 Å². The highest BCUT2D eigenvalue weighted by molar-refractivity contribution is 7.11. The van der Waals surface area contributed by atoms with Crippen LogP contribution in [0.3, 0.4) is 0 Å². The fourth-order valence-corrected chi connectivity index (χ4v) is 3.19. The first kappa shape index (κ1) is 17.8. The maximum atomic E-state index is 6.28. The molecule has 0 amide bonds. The zero-order valence-corrected chi connectivity index (χ0v) is 15.2. The van der Waals surface area contributed by atoms with Crippen LogP contribution in [0, 0.1) is 13.8 Å². The Morgan fingerprint density at radius 3 is 2.26 bits per heavy atom. The summed E-state index contributed by atoms with van der Waals surface area (Å²) in [4.78, 5) is 2.80. The summed E-state index contributed by atoms with van der Waals surface area (Å²) in [6, 6.07) is 16.1. The quantitative estimate of drug-likeness (QED) is 0.670. The number of hydrogen-bond acceptors (Lipinski definition) is 3. The Morgan fingerprint density at radius 2 is 1.70 bits per heavy atom. The minimum Gasteiger partial charge on any atom is -0.488 e. The van der Waals surface area contributed by atoms with Gasteiger partial charge in [0.05, 0.1) is 5.02 Å². The largest absolute Gasteiger partial charge is 0.488 e. The SMILES string of the molecule is CC(CN)Oc1ccc2ccccc2c1Cl.Cc1ccc(C)s1. The Kier molecular flexibility index (Phi) is 6.46. The molecule has 0 saturated carbocycles. The monoisotopic (exact) mass is 347 g/mol. The van der Waals surface area contributed by atoms with Crippen molar-refractivity contribution >= 4 is 33.7 Å². The standard InChI is InChI=1S/C13H14ClNO.C6H8S/c1-9(8-15)16-12-7-6-10-4-2-3-5-11(10)13(12)14;1-5-3-4-6(2)7-5/h2-7,9H,8,15H2,1H3;3-4H,1-2H3. The predicted octanol–water partition coefficient (Wildman–Crippen LogP) is 5.58. The average molecular weight is 348 g/mol. The van der Waals surface area contributed by atoms with Gasteiger partial charge >= 0.3 is 0 Å². The second kappa shape index (κ2) is 8.34. The number of benzene rings is 2. The molecular weight excluding hydrogens is 326 g/mol. The number of halogens is 1. The molecule has 0 spiro atoms. The smallest absolute Gasteiger partial charge is 0.139 e. The van der Waals surface area contributed by atoms with E-state index in [0.717, 1.165) is 10.8 Å². The van der Waals surface area contributed by atoms with E-state index >= 15 is 0 Å². The van der Waals surface area contributed by atoms with Crippen molar-refractivity contribution in [2.45, 2.75) is 26.9 Å². The van der Waals surface area contributed by atoms with Crippen LogP contribution in [0.4, 0.5) is 0 Å². The van der Waals surface area contributed by atoms with E-state index in [1.54, 1.807) is 0 Å². The molecule has 2 nitrogen and oxygen atoms in total. The van der Waals surface area contributed by atoms with Gasteiger partial charge in [-0.05, 0) is 44.4 Å². The number of ether oxygens (including phenoxy) is 1. The van der Waals surface area contributed by atoms with Crippen LogP contribution in [0.25, 0.3) is 10.8 Å². The van der Waals surface area contributed by atoms with Gasteiger partial charge in [-0.25, -0.2) is 0 Å². The molecule has 23 heavy (non-hydrogen) atoms. The highest BCUT2D eigenvalue weighted by atomic mass is 35.5. The van der Waals surface area contributed by atoms with Gasteiger partial charge in [-0.3, -0.25) is 0 Å².